The molecule has 2 heterocycles. The number of rotatable bonds is 0. The van der Waals surface area contributed by atoms with Gasteiger partial charge < -0.3 is 5.32 Å². The van der Waals surface area contributed by atoms with Crippen molar-refractivity contribution in [3.8, 4) is 0 Å². The lowest BCUT2D eigenvalue weighted by molar-refractivity contribution is -0.122. The van der Waals surface area contributed by atoms with Crippen molar-refractivity contribution in [2.24, 2.45) is 0 Å². The van der Waals surface area contributed by atoms with E-state index < -0.39 is 0 Å². The molecule has 0 radical (unpaired) electrons. The summed E-state index contributed by atoms with van der Waals surface area (Å²) in [6, 6.07) is 0.856. The first kappa shape index (κ1) is 7.62. The molecule has 0 amide bonds. The topological polar surface area (TPSA) is 29.1 Å². The first-order valence-corrected chi connectivity index (χ1v) is 4.71. The standard InChI is InChI=1S/C8H13NOS/c10-7-1-5-3-8(11)4-6(2-7)9-5/h5-6,8-9,11H,1-4H2. The second-order valence-electron chi connectivity index (χ2n) is 3.63. The lowest BCUT2D eigenvalue weighted by atomic mass is 9.86. The van der Waals surface area contributed by atoms with Gasteiger partial charge in [-0.1, -0.05) is 0 Å². The van der Waals surface area contributed by atoms with Gasteiger partial charge in [-0.15, -0.1) is 0 Å². The minimum atomic E-state index is 0.428. The second kappa shape index (κ2) is 2.79. The van der Waals surface area contributed by atoms with Crippen molar-refractivity contribution < 1.29 is 4.79 Å². The van der Waals surface area contributed by atoms with Gasteiger partial charge in [-0.3, -0.25) is 4.79 Å². The number of fused-ring (bicyclic) bond motifs is 2. The smallest absolute Gasteiger partial charge is 0.136 e. The molecule has 2 saturated heterocycles. The third-order valence-corrected chi connectivity index (χ3v) is 2.95. The van der Waals surface area contributed by atoms with Gasteiger partial charge in [-0.05, 0) is 12.8 Å². The third-order valence-electron chi connectivity index (χ3n) is 2.53. The molecule has 0 aromatic heterocycles. The fraction of sp³-hybridized carbons (Fsp3) is 0.875. The van der Waals surface area contributed by atoms with Gasteiger partial charge >= 0.3 is 0 Å². The fourth-order valence-electron chi connectivity index (χ4n) is 2.14. The molecule has 0 aromatic rings. The van der Waals surface area contributed by atoms with Gasteiger partial charge in [0.25, 0.3) is 0 Å². The van der Waals surface area contributed by atoms with E-state index in [1.165, 1.54) is 0 Å². The maximum absolute atomic E-state index is 11.1. The number of ketones is 1. The molecule has 11 heavy (non-hydrogen) atoms. The lowest BCUT2D eigenvalue weighted by Crippen LogP contribution is -2.51. The zero-order valence-corrected chi connectivity index (χ0v) is 7.31. The molecule has 2 aliphatic heterocycles. The first-order chi connectivity index (χ1) is 5.24. The van der Waals surface area contributed by atoms with Crippen molar-refractivity contribution in [3.63, 3.8) is 0 Å². The quantitative estimate of drug-likeness (QED) is 0.527. The van der Waals surface area contributed by atoms with Crippen molar-refractivity contribution in [2.45, 2.75) is 43.0 Å². The number of nitrogens with one attached hydrogen (secondary N) is 1. The van der Waals surface area contributed by atoms with Crippen molar-refractivity contribution in [3.05, 3.63) is 0 Å². The van der Waals surface area contributed by atoms with Crippen LogP contribution in [-0.2, 0) is 4.79 Å². The molecule has 62 valence electrons. The largest absolute Gasteiger partial charge is 0.310 e. The van der Waals surface area contributed by atoms with Crippen LogP contribution < -0.4 is 5.32 Å². The Bertz CT molecular complexity index is 163. The molecule has 3 heteroatoms. The van der Waals surface area contributed by atoms with Gasteiger partial charge in [-0.2, -0.15) is 12.6 Å². The van der Waals surface area contributed by atoms with Crippen LogP contribution in [0.2, 0.25) is 0 Å². The van der Waals surface area contributed by atoms with Crippen LogP contribution in [0.5, 0.6) is 0 Å². The highest BCUT2D eigenvalue weighted by molar-refractivity contribution is 7.80. The van der Waals surface area contributed by atoms with Gasteiger partial charge in [0.1, 0.15) is 5.78 Å². The molecule has 2 aliphatic rings. The van der Waals surface area contributed by atoms with Gasteiger partial charge in [0, 0.05) is 30.2 Å². The van der Waals surface area contributed by atoms with E-state index in [0.29, 0.717) is 23.1 Å². The van der Waals surface area contributed by atoms with E-state index >= 15 is 0 Å². The highest BCUT2D eigenvalue weighted by Gasteiger charge is 2.33. The number of hydrogen-bond acceptors (Lipinski definition) is 3. The summed E-state index contributed by atoms with van der Waals surface area (Å²) in [6.07, 6.45) is 3.58. The Hall–Kier alpha value is -0.0200. The average molecular weight is 171 g/mol. The summed E-state index contributed by atoms with van der Waals surface area (Å²) in [5, 5.41) is 3.96. The van der Waals surface area contributed by atoms with Gasteiger partial charge in [0.2, 0.25) is 0 Å². The summed E-state index contributed by atoms with van der Waals surface area (Å²) in [5.41, 5.74) is 0. The maximum atomic E-state index is 11.1. The number of piperidine rings is 2. The van der Waals surface area contributed by atoms with E-state index in [0.717, 1.165) is 25.7 Å². The zero-order valence-electron chi connectivity index (χ0n) is 6.42. The van der Waals surface area contributed by atoms with Crippen LogP contribution >= 0.6 is 12.6 Å². The van der Waals surface area contributed by atoms with Crippen molar-refractivity contribution in [1.29, 1.82) is 0 Å². The molecule has 2 rings (SSSR count). The molecule has 0 spiro atoms. The lowest BCUT2D eigenvalue weighted by Gasteiger charge is -2.37. The van der Waals surface area contributed by atoms with Crippen LogP contribution in [0.15, 0.2) is 0 Å². The molecule has 2 nitrogen and oxygen atoms in total. The third kappa shape index (κ3) is 1.59. The predicted octanol–water partition coefficient (Wildman–Crippen LogP) is 0.768. The maximum Gasteiger partial charge on any atom is 0.136 e. The Kier molecular flexibility index (Phi) is 1.93. The van der Waals surface area contributed by atoms with E-state index in [2.05, 4.69) is 17.9 Å². The Morgan fingerprint density at radius 3 is 2.36 bits per heavy atom. The van der Waals surface area contributed by atoms with Gasteiger partial charge in [0.05, 0.1) is 0 Å². The molecule has 2 unspecified atom stereocenters. The second-order valence-corrected chi connectivity index (χ2v) is 4.36. The van der Waals surface area contributed by atoms with Gasteiger partial charge in [-0.25, -0.2) is 0 Å². The van der Waals surface area contributed by atoms with Crippen LogP contribution in [0.4, 0.5) is 0 Å². The Morgan fingerprint density at radius 1 is 1.27 bits per heavy atom. The Morgan fingerprint density at radius 2 is 1.82 bits per heavy atom. The summed E-state index contributed by atoms with van der Waals surface area (Å²) in [6.45, 7) is 0. The fourth-order valence-corrected chi connectivity index (χ4v) is 2.65. The molecular formula is C8H13NOS. The number of thiol groups is 1. The molecule has 0 aliphatic carbocycles. The molecule has 2 atom stereocenters. The summed E-state index contributed by atoms with van der Waals surface area (Å²) >= 11 is 4.45. The van der Waals surface area contributed by atoms with Crippen molar-refractivity contribution in [1.82, 2.24) is 5.32 Å². The Balaban J connectivity index is 2.05. The number of Topliss-reactive ketones (excluding diaryl/α,β-unsaturated/α-hetero) is 1. The average Bonchev–Trinajstić information content (AvgIpc) is 1.82. The molecule has 2 fully saturated rings. The van der Waals surface area contributed by atoms with Crippen LogP contribution in [0.25, 0.3) is 0 Å². The van der Waals surface area contributed by atoms with E-state index in [9.17, 15) is 4.79 Å². The van der Waals surface area contributed by atoms with E-state index in [1.54, 1.807) is 0 Å². The Labute approximate surface area is 72.1 Å². The van der Waals surface area contributed by atoms with Crippen molar-refractivity contribution in [2.75, 3.05) is 0 Å². The number of carbonyl (C=O) groups is 1. The van der Waals surface area contributed by atoms with Gasteiger partial charge in [0.15, 0.2) is 0 Å². The van der Waals surface area contributed by atoms with Crippen LogP contribution in [0.1, 0.15) is 25.7 Å². The highest BCUT2D eigenvalue weighted by Crippen LogP contribution is 2.26. The van der Waals surface area contributed by atoms with Crippen LogP contribution in [-0.4, -0.2) is 23.1 Å². The summed E-state index contributed by atoms with van der Waals surface area (Å²) in [5.74, 6) is 0.430. The molecule has 0 aromatic carbocycles. The molecule has 2 bridgehead atoms. The normalized spacial score (nSPS) is 44.1. The number of carbonyl (C=O) groups excluding carboxylic acids is 1. The monoisotopic (exact) mass is 171 g/mol. The summed E-state index contributed by atoms with van der Waals surface area (Å²) < 4.78 is 0. The molecule has 0 saturated carbocycles. The van der Waals surface area contributed by atoms with Crippen molar-refractivity contribution >= 4 is 18.4 Å². The van der Waals surface area contributed by atoms with Crippen LogP contribution in [0.3, 0.4) is 0 Å². The SMILES string of the molecule is O=C1CC2CC(S)CC(C1)N2. The highest BCUT2D eigenvalue weighted by atomic mass is 32.1. The minimum Gasteiger partial charge on any atom is -0.310 e. The van der Waals surface area contributed by atoms with E-state index in [1.807, 2.05) is 0 Å². The predicted molar refractivity (Wildman–Crippen MR) is 47.0 cm³/mol. The molecular weight excluding hydrogens is 158 g/mol. The van der Waals surface area contributed by atoms with E-state index in [-0.39, 0.29) is 0 Å². The summed E-state index contributed by atoms with van der Waals surface area (Å²) in [7, 11) is 0. The number of hydrogen-bond donors (Lipinski definition) is 2. The zero-order chi connectivity index (χ0) is 7.84. The van der Waals surface area contributed by atoms with E-state index in [4.69, 9.17) is 0 Å². The minimum absolute atomic E-state index is 0.428. The molecule has 1 N–H and O–H groups in total. The van der Waals surface area contributed by atoms with Crippen LogP contribution in [0, 0.1) is 0 Å². The summed E-state index contributed by atoms with van der Waals surface area (Å²) in [4.78, 5) is 11.1. The first-order valence-electron chi connectivity index (χ1n) is 4.20.